The number of pyridine rings is 1. The minimum absolute atomic E-state index is 0.107. The number of fused-ring (bicyclic) bond motifs is 3. The van der Waals surface area contributed by atoms with Gasteiger partial charge in [-0.25, -0.2) is 13.2 Å². The SMILES string of the molecule is COCCCOc1cc2c(cc1C)-c1c(cc(C(=O)O)c(=O)n1C1CC1)CS2(=O)=O. The Balaban J connectivity index is 1.90. The molecule has 2 heterocycles. The maximum absolute atomic E-state index is 13.0. The number of aromatic carboxylic acids is 1. The first-order valence-corrected chi connectivity index (χ1v) is 11.4. The van der Waals surface area contributed by atoms with E-state index in [9.17, 15) is 23.1 Å². The summed E-state index contributed by atoms with van der Waals surface area (Å²) in [6.45, 7) is 2.74. The predicted octanol–water partition coefficient (Wildman–Crippen LogP) is 2.56. The zero-order chi connectivity index (χ0) is 21.6. The zero-order valence-electron chi connectivity index (χ0n) is 16.8. The Kier molecular flexibility index (Phi) is 5.19. The van der Waals surface area contributed by atoms with E-state index >= 15 is 0 Å². The first-order valence-electron chi connectivity index (χ1n) is 9.76. The van der Waals surface area contributed by atoms with Crippen LogP contribution in [0.1, 0.15) is 46.8 Å². The normalized spacial score (nSPS) is 16.6. The van der Waals surface area contributed by atoms with Crippen LogP contribution in [-0.2, 0) is 20.3 Å². The number of ether oxygens (including phenoxy) is 2. The summed E-state index contributed by atoms with van der Waals surface area (Å²) in [5.74, 6) is -1.23. The van der Waals surface area contributed by atoms with Crippen molar-refractivity contribution >= 4 is 15.8 Å². The summed E-state index contributed by atoms with van der Waals surface area (Å²) >= 11 is 0. The van der Waals surface area contributed by atoms with Gasteiger partial charge in [0.15, 0.2) is 9.84 Å². The van der Waals surface area contributed by atoms with E-state index in [4.69, 9.17) is 9.47 Å². The summed E-state index contributed by atoms with van der Waals surface area (Å²) in [5.41, 5.74) is 1.04. The molecule has 1 aliphatic heterocycles. The fourth-order valence-electron chi connectivity index (χ4n) is 3.87. The van der Waals surface area contributed by atoms with E-state index in [0.29, 0.717) is 42.2 Å². The van der Waals surface area contributed by atoms with Crippen molar-refractivity contribution in [2.45, 2.75) is 42.9 Å². The topological polar surface area (TPSA) is 112 Å². The average Bonchev–Trinajstić information content (AvgIpc) is 3.50. The van der Waals surface area contributed by atoms with Crippen LogP contribution in [0.25, 0.3) is 11.3 Å². The molecule has 0 spiro atoms. The molecule has 0 bridgehead atoms. The largest absolute Gasteiger partial charge is 0.493 e. The first-order chi connectivity index (χ1) is 14.2. The highest BCUT2D eigenvalue weighted by molar-refractivity contribution is 7.90. The lowest BCUT2D eigenvalue weighted by molar-refractivity contribution is 0.0694. The molecule has 1 N–H and O–H groups in total. The van der Waals surface area contributed by atoms with Gasteiger partial charge in [0.25, 0.3) is 5.56 Å². The average molecular weight is 433 g/mol. The van der Waals surface area contributed by atoms with Crippen LogP contribution in [-0.4, -0.2) is 44.4 Å². The minimum Gasteiger partial charge on any atom is -0.493 e. The van der Waals surface area contributed by atoms with Crippen LogP contribution in [0.3, 0.4) is 0 Å². The molecule has 0 saturated heterocycles. The first kappa shape index (κ1) is 20.6. The molecule has 0 atom stereocenters. The molecule has 9 heteroatoms. The predicted molar refractivity (Wildman–Crippen MR) is 109 cm³/mol. The van der Waals surface area contributed by atoms with Gasteiger partial charge < -0.3 is 19.1 Å². The Labute approximate surface area is 174 Å². The number of sulfone groups is 1. The van der Waals surface area contributed by atoms with Gasteiger partial charge in [0, 0.05) is 31.7 Å². The second-order valence-electron chi connectivity index (χ2n) is 7.71. The van der Waals surface area contributed by atoms with Gasteiger partial charge in [-0.3, -0.25) is 4.79 Å². The number of aromatic nitrogens is 1. The van der Waals surface area contributed by atoms with E-state index < -0.39 is 26.9 Å². The molecule has 30 heavy (non-hydrogen) atoms. The van der Waals surface area contributed by atoms with E-state index in [0.717, 1.165) is 18.4 Å². The molecule has 8 nitrogen and oxygen atoms in total. The molecule has 1 aromatic carbocycles. The van der Waals surface area contributed by atoms with Crippen LogP contribution < -0.4 is 10.3 Å². The van der Waals surface area contributed by atoms with Gasteiger partial charge in [0.2, 0.25) is 0 Å². The number of carboxylic acids is 1. The van der Waals surface area contributed by atoms with Crippen LogP contribution in [0.15, 0.2) is 27.9 Å². The van der Waals surface area contributed by atoms with Crippen LogP contribution in [0.2, 0.25) is 0 Å². The van der Waals surface area contributed by atoms with Crippen molar-refractivity contribution in [3.05, 3.63) is 45.2 Å². The Morgan fingerprint density at radius 3 is 2.60 bits per heavy atom. The van der Waals surface area contributed by atoms with Crippen molar-refractivity contribution in [1.82, 2.24) is 4.57 Å². The highest BCUT2D eigenvalue weighted by Crippen LogP contribution is 2.45. The van der Waals surface area contributed by atoms with Gasteiger partial charge in [-0.05, 0) is 49.1 Å². The fourth-order valence-corrected chi connectivity index (χ4v) is 5.43. The molecule has 160 valence electrons. The third-order valence-corrected chi connectivity index (χ3v) is 7.12. The fraction of sp³-hybridized carbons (Fsp3) is 0.429. The maximum Gasteiger partial charge on any atom is 0.341 e. The Morgan fingerprint density at radius 2 is 1.97 bits per heavy atom. The zero-order valence-corrected chi connectivity index (χ0v) is 17.6. The molecule has 2 aromatic rings. The second-order valence-corrected chi connectivity index (χ2v) is 9.67. The molecule has 1 aliphatic carbocycles. The lowest BCUT2D eigenvalue weighted by atomic mass is 10.0. The minimum atomic E-state index is -3.72. The van der Waals surface area contributed by atoms with Gasteiger partial charge in [-0.15, -0.1) is 0 Å². The van der Waals surface area contributed by atoms with Crippen molar-refractivity contribution in [2.75, 3.05) is 20.3 Å². The van der Waals surface area contributed by atoms with Gasteiger partial charge in [0.1, 0.15) is 11.3 Å². The molecule has 2 aliphatic rings. The summed E-state index contributed by atoms with van der Waals surface area (Å²) < 4.78 is 38.3. The van der Waals surface area contributed by atoms with E-state index in [2.05, 4.69) is 0 Å². The molecular weight excluding hydrogens is 410 g/mol. The standard InChI is InChI=1S/C21H23NO7S/c1-12-8-15-18(10-17(12)29-7-3-6-28-2)30(26,27)11-13-9-16(21(24)25)20(23)22(19(13)15)14-4-5-14/h8-10,14H,3-7,11H2,1-2H3,(H,24,25). The van der Waals surface area contributed by atoms with E-state index in [1.165, 1.54) is 16.7 Å². The lowest BCUT2D eigenvalue weighted by Gasteiger charge is -2.26. The van der Waals surface area contributed by atoms with Crippen molar-refractivity contribution in [3.63, 3.8) is 0 Å². The van der Waals surface area contributed by atoms with E-state index in [1.54, 1.807) is 13.2 Å². The Bertz CT molecular complexity index is 1190. The van der Waals surface area contributed by atoms with Gasteiger partial charge in [-0.2, -0.15) is 0 Å². The summed E-state index contributed by atoms with van der Waals surface area (Å²) in [4.78, 5) is 24.6. The summed E-state index contributed by atoms with van der Waals surface area (Å²) in [6, 6.07) is 4.34. The quantitative estimate of drug-likeness (QED) is 0.668. The third kappa shape index (κ3) is 3.52. The molecule has 1 aromatic heterocycles. The highest BCUT2D eigenvalue weighted by Gasteiger charge is 2.37. The van der Waals surface area contributed by atoms with Gasteiger partial charge in [-0.1, -0.05) is 0 Å². The smallest absolute Gasteiger partial charge is 0.341 e. The summed E-state index contributed by atoms with van der Waals surface area (Å²) in [6.07, 6.45) is 2.19. The lowest BCUT2D eigenvalue weighted by Crippen LogP contribution is -2.30. The second kappa shape index (κ2) is 7.55. The van der Waals surface area contributed by atoms with Crippen LogP contribution >= 0.6 is 0 Å². The van der Waals surface area contributed by atoms with Gasteiger partial charge >= 0.3 is 5.97 Å². The molecule has 0 radical (unpaired) electrons. The van der Waals surface area contributed by atoms with Crippen molar-refractivity contribution in [3.8, 4) is 17.0 Å². The summed E-state index contributed by atoms with van der Waals surface area (Å²) in [5, 5.41) is 9.43. The number of rotatable bonds is 7. The molecular formula is C21H23NO7S. The molecule has 4 rings (SSSR count). The summed E-state index contributed by atoms with van der Waals surface area (Å²) in [7, 11) is -2.12. The third-order valence-electron chi connectivity index (χ3n) is 5.42. The van der Waals surface area contributed by atoms with E-state index in [-0.39, 0.29) is 16.7 Å². The Morgan fingerprint density at radius 1 is 1.23 bits per heavy atom. The number of nitrogens with zero attached hydrogens (tertiary/aromatic N) is 1. The molecule has 1 saturated carbocycles. The van der Waals surface area contributed by atoms with E-state index in [1.807, 2.05) is 6.92 Å². The highest BCUT2D eigenvalue weighted by atomic mass is 32.2. The molecule has 0 amide bonds. The number of aryl methyl sites for hydroxylation is 1. The molecule has 0 unspecified atom stereocenters. The van der Waals surface area contributed by atoms with Crippen LogP contribution in [0.4, 0.5) is 0 Å². The van der Waals surface area contributed by atoms with Gasteiger partial charge in [0.05, 0.1) is 22.9 Å². The molecule has 1 fully saturated rings. The number of hydrogen-bond donors (Lipinski definition) is 1. The van der Waals surface area contributed by atoms with Crippen LogP contribution in [0, 0.1) is 6.92 Å². The maximum atomic E-state index is 13.0. The Hall–Kier alpha value is -2.65. The van der Waals surface area contributed by atoms with Crippen molar-refractivity contribution in [1.29, 1.82) is 0 Å². The number of carboxylic acid groups (broad SMARTS) is 1. The monoisotopic (exact) mass is 433 g/mol. The number of hydrogen-bond acceptors (Lipinski definition) is 6. The van der Waals surface area contributed by atoms with Crippen molar-refractivity contribution < 1.29 is 27.8 Å². The van der Waals surface area contributed by atoms with Crippen LogP contribution in [0.5, 0.6) is 5.75 Å². The number of carbonyl (C=O) groups is 1. The number of methoxy groups -OCH3 is 1. The number of benzene rings is 1. The van der Waals surface area contributed by atoms with Crippen molar-refractivity contribution in [2.24, 2.45) is 0 Å².